The van der Waals surface area contributed by atoms with E-state index in [9.17, 15) is 4.79 Å². The smallest absolute Gasteiger partial charge is 0.234 e. The molecule has 1 heterocycles. The molecule has 1 aliphatic rings. The van der Waals surface area contributed by atoms with E-state index in [4.69, 9.17) is 0 Å². The number of carbonyl (C=O) groups is 1. The quantitative estimate of drug-likeness (QED) is 0.592. The molecule has 0 radical (unpaired) electrons. The zero-order chi connectivity index (χ0) is 6.85. The molecule has 0 spiro atoms. The summed E-state index contributed by atoms with van der Waals surface area (Å²) in [5.41, 5.74) is 0. The highest BCUT2D eigenvalue weighted by atomic mass is 32.2. The van der Waals surface area contributed by atoms with Crippen LogP contribution in [0.25, 0.3) is 0 Å². The van der Waals surface area contributed by atoms with Crippen molar-refractivity contribution in [3.8, 4) is 0 Å². The van der Waals surface area contributed by atoms with Crippen molar-refractivity contribution in [2.75, 3.05) is 5.88 Å². The van der Waals surface area contributed by atoms with Crippen molar-refractivity contribution in [1.29, 1.82) is 0 Å². The Labute approximate surface area is 59.4 Å². The second-order valence-electron chi connectivity index (χ2n) is 2.52. The van der Waals surface area contributed by atoms with E-state index in [0.29, 0.717) is 5.92 Å². The van der Waals surface area contributed by atoms with Crippen LogP contribution in [0.3, 0.4) is 0 Å². The van der Waals surface area contributed by atoms with Crippen molar-refractivity contribution in [1.82, 2.24) is 5.32 Å². The molecule has 0 aromatic rings. The molecule has 3 heteroatoms. The number of carbonyl (C=O) groups excluding carboxylic acids is 1. The van der Waals surface area contributed by atoms with Gasteiger partial charge in [0.05, 0.1) is 11.1 Å². The Balaban J connectivity index is 2.49. The molecule has 0 aromatic carbocycles. The van der Waals surface area contributed by atoms with Crippen molar-refractivity contribution in [2.45, 2.75) is 19.1 Å². The first-order valence-corrected chi connectivity index (χ1v) is 4.16. The van der Waals surface area contributed by atoms with Gasteiger partial charge in [-0.3, -0.25) is 4.79 Å². The fraction of sp³-hybridized carbons (Fsp3) is 0.833. The second kappa shape index (κ2) is 2.60. The lowest BCUT2D eigenvalue weighted by Gasteiger charge is -2.07. The number of amides is 1. The standard InChI is InChI=1S/C6H11NOS/c1-4(2)5-6(8)7-3-9-5/h4-5H,3H2,1-2H3,(H,7,8). The Hall–Kier alpha value is -0.180. The molecule has 0 saturated carbocycles. The first-order chi connectivity index (χ1) is 4.22. The van der Waals surface area contributed by atoms with Crippen LogP contribution >= 0.6 is 11.8 Å². The van der Waals surface area contributed by atoms with Crippen molar-refractivity contribution in [2.24, 2.45) is 5.92 Å². The topological polar surface area (TPSA) is 29.1 Å². The minimum atomic E-state index is 0.199. The first kappa shape index (κ1) is 6.93. The fourth-order valence-electron chi connectivity index (χ4n) is 0.874. The Morgan fingerprint density at radius 1 is 1.78 bits per heavy atom. The number of nitrogens with one attached hydrogen (secondary N) is 1. The van der Waals surface area contributed by atoms with Gasteiger partial charge in [-0.25, -0.2) is 0 Å². The second-order valence-corrected chi connectivity index (χ2v) is 3.65. The van der Waals surface area contributed by atoms with E-state index in [0.717, 1.165) is 5.88 Å². The summed E-state index contributed by atoms with van der Waals surface area (Å²) in [6.45, 7) is 4.14. The SMILES string of the molecule is CC(C)C1SCNC1=O. The van der Waals surface area contributed by atoms with Crippen LogP contribution < -0.4 is 5.32 Å². The first-order valence-electron chi connectivity index (χ1n) is 3.11. The van der Waals surface area contributed by atoms with Gasteiger partial charge < -0.3 is 5.32 Å². The minimum absolute atomic E-state index is 0.199. The molecule has 1 amide bonds. The van der Waals surface area contributed by atoms with Crippen molar-refractivity contribution in [3.05, 3.63) is 0 Å². The molecule has 0 aliphatic carbocycles. The minimum Gasteiger partial charge on any atom is -0.346 e. The van der Waals surface area contributed by atoms with Gasteiger partial charge in [-0.1, -0.05) is 13.8 Å². The van der Waals surface area contributed by atoms with Crippen LogP contribution in [-0.2, 0) is 4.79 Å². The Bertz CT molecular complexity index is 124. The predicted molar refractivity (Wildman–Crippen MR) is 39.2 cm³/mol. The molecular weight excluding hydrogens is 134 g/mol. The van der Waals surface area contributed by atoms with Gasteiger partial charge in [-0.05, 0) is 5.92 Å². The van der Waals surface area contributed by atoms with Crippen molar-refractivity contribution in [3.63, 3.8) is 0 Å². The molecule has 0 aromatic heterocycles. The molecule has 52 valence electrons. The molecule has 1 aliphatic heterocycles. The number of hydrogen-bond acceptors (Lipinski definition) is 2. The summed E-state index contributed by atoms with van der Waals surface area (Å²) in [6.07, 6.45) is 0. The molecule has 1 atom stereocenters. The van der Waals surface area contributed by atoms with Gasteiger partial charge in [0.1, 0.15) is 0 Å². The lowest BCUT2D eigenvalue weighted by molar-refractivity contribution is -0.120. The van der Waals surface area contributed by atoms with Crippen LogP contribution in [0.4, 0.5) is 0 Å². The van der Waals surface area contributed by atoms with E-state index in [-0.39, 0.29) is 11.2 Å². The predicted octanol–water partition coefficient (Wildman–Crippen LogP) is 0.831. The highest BCUT2D eigenvalue weighted by molar-refractivity contribution is 8.01. The van der Waals surface area contributed by atoms with E-state index in [1.807, 2.05) is 0 Å². The Kier molecular flexibility index (Phi) is 2.01. The number of hydrogen-bond donors (Lipinski definition) is 1. The lowest BCUT2D eigenvalue weighted by Crippen LogP contribution is -2.26. The van der Waals surface area contributed by atoms with Gasteiger partial charge >= 0.3 is 0 Å². The number of thioether (sulfide) groups is 1. The number of rotatable bonds is 1. The van der Waals surface area contributed by atoms with Crippen LogP contribution in [0.2, 0.25) is 0 Å². The molecule has 9 heavy (non-hydrogen) atoms. The van der Waals surface area contributed by atoms with Crippen LogP contribution in [0.1, 0.15) is 13.8 Å². The van der Waals surface area contributed by atoms with Gasteiger partial charge in [-0.2, -0.15) is 0 Å². The van der Waals surface area contributed by atoms with Gasteiger partial charge in [0.25, 0.3) is 0 Å². The Morgan fingerprint density at radius 3 is 2.67 bits per heavy atom. The van der Waals surface area contributed by atoms with Crippen molar-refractivity contribution >= 4 is 17.7 Å². The maximum Gasteiger partial charge on any atom is 0.234 e. The molecule has 1 N–H and O–H groups in total. The normalized spacial score (nSPS) is 27.0. The van der Waals surface area contributed by atoms with Gasteiger partial charge in [-0.15, -0.1) is 11.8 Å². The Morgan fingerprint density at radius 2 is 2.44 bits per heavy atom. The average molecular weight is 145 g/mol. The van der Waals surface area contributed by atoms with Crippen LogP contribution in [0.15, 0.2) is 0 Å². The molecular formula is C6H11NOS. The molecule has 1 unspecified atom stereocenters. The third kappa shape index (κ3) is 1.39. The molecule has 1 fully saturated rings. The van der Waals surface area contributed by atoms with E-state index in [1.165, 1.54) is 0 Å². The van der Waals surface area contributed by atoms with Crippen molar-refractivity contribution < 1.29 is 4.79 Å². The molecule has 0 bridgehead atoms. The third-order valence-corrected chi connectivity index (χ3v) is 2.80. The highest BCUT2D eigenvalue weighted by Gasteiger charge is 2.27. The summed E-state index contributed by atoms with van der Waals surface area (Å²) >= 11 is 1.70. The maximum absolute atomic E-state index is 10.9. The largest absolute Gasteiger partial charge is 0.346 e. The third-order valence-electron chi connectivity index (χ3n) is 1.37. The summed E-state index contributed by atoms with van der Waals surface area (Å²) in [6, 6.07) is 0. The zero-order valence-electron chi connectivity index (χ0n) is 5.68. The van der Waals surface area contributed by atoms with E-state index < -0.39 is 0 Å². The van der Waals surface area contributed by atoms with E-state index in [1.54, 1.807) is 11.8 Å². The summed E-state index contributed by atoms with van der Waals surface area (Å²) in [5, 5.41) is 2.97. The maximum atomic E-state index is 10.9. The molecule has 2 nitrogen and oxygen atoms in total. The fourth-order valence-corrected chi connectivity index (χ4v) is 1.90. The molecule has 1 rings (SSSR count). The average Bonchev–Trinajstić information content (AvgIpc) is 2.13. The van der Waals surface area contributed by atoms with Crippen LogP contribution in [0.5, 0.6) is 0 Å². The van der Waals surface area contributed by atoms with Gasteiger partial charge in [0, 0.05) is 0 Å². The summed E-state index contributed by atoms with van der Waals surface area (Å²) in [7, 11) is 0. The molecule has 1 saturated heterocycles. The summed E-state index contributed by atoms with van der Waals surface area (Å²) in [4.78, 5) is 10.9. The van der Waals surface area contributed by atoms with Gasteiger partial charge in [0.2, 0.25) is 5.91 Å². The van der Waals surface area contributed by atoms with Gasteiger partial charge in [0.15, 0.2) is 0 Å². The summed E-state index contributed by atoms with van der Waals surface area (Å²) < 4.78 is 0. The van der Waals surface area contributed by atoms with E-state index >= 15 is 0 Å². The zero-order valence-corrected chi connectivity index (χ0v) is 6.49. The van der Waals surface area contributed by atoms with Crippen LogP contribution in [-0.4, -0.2) is 17.0 Å². The van der Waals surface area contributed by atoms with Crippen LogP contribution in [0, 0.1) is 5.92 Å². The lowest BCUT2D eigenvalue weighted by atomic mass is 10.1. The van der Waals surface area contributed by atoms with E-state index in [2.05, 4.69) is 19.2 Å². The monoisotopic (exact) mass is 145 g/mol. The summed E-state index contributed by atoms with van der Waals surface area (Å²) in [5.74, 6) is 1.47. The highest BCUT2D eigenvalue weighted by Crippen LogP contribution is 2.22.